The zero-order chi connectivity index (χ0) is 11.3. The fourth-order valence-corrected chi connectivity index (χ4v) is 1.70. The number of carboxylic acids is 1. The molecule has 0 radical (unpaired) electrons. The van der Waals surface area contributed by atoms with Crippen molar-refractivity contribution in [1.82, 2.24) is 15.5 Å². The van der Waals surface area contributed by atoms with Crippen molar-refractivity contribution in [2.24, 2.45) is 0 Å². The van der Waals surface area contributed by atoms with Crippen molar-refractivity contribution in [3.63, 3.8) is 0 Å². The molecule has 5 nitrogen and oxygen atoms in total. The van der Waals surface area contributed by atoms with Gasteiger partial charge in [0.25, 0.3) is 0 Å². The third kappa shape index (κ3) is 3.77. The summed E-state index contributed by atoms with van der Waals surface area (Å²) in [6.45, 7) is 6.45. The molecule has 1 fully saturated rings. The van der Waals surface area contributed by atoms with Gasteiger partial charge in [-0.1, -0.05) is 6.92 Å². The maximum Gasteiger partial charge on any atom is 0.305 e. The first kappa shape index (κ1) is 12.4. The number of carbonyl (C=O) groups is 1. The molecule has 1 heterocycles. The number of rotatable bonds is 7. The van der Waals surface area contributed by atoms with Gasteiger partial charge in [-0.05, 0) is 13.6 Å². The maximum absolute atomic E-state index is 10.7. The third-order valence-corrected chi connectivity index (χ3v) is 2.95. The van der Waals surface area contributed by atoms with Gasteiger partial charge in [0.15, 0.2) is 0 Å². The summed E-state index contributed by atoms with van der Waals surface area (Å²) >= 11 is 0. The van der Waals surface area contributed by atoms with E-state index >= 15 is 0 Å². The van der Waals surface area contributed by atoms with Crippen molar-refractivity contribution < 1.29 is 9.90 Å². The van der Waals surface area contributed by atoms with Crippen LogP contribution in [0.15, 0.2) is 0 Å². The standard InChI is InChI=1S/C10H21N3O2/c1-3-13(2)5-4-12-10(6-9(14)15)7-11-8-10/h11-12H,3-8H2,1-2H3,(H,14,15). The Bertz CT molecular complexity index is 217. The van der Waals surface area contributed by atoms with Crippen molar-refractivity contribution in [2.45, 2.75) is 18.9 Å². The summed E-state index contributed by atoms with van der Waals surface area (Å²) in [6.07, 6.45) is 0.204. The van der Waals surface area contributed by atoms with Crippen LogP contribution in [0.3, 0.4) is 0 Å². The second-order valence-electron chi connectivity index (χ2n) is 4.28. The van der Waals surface area contributed by atoms with Gasteiger partial charge < -0.3 is 20.6 Å². The van der Waals surface area contributed by atoms with E-state index in [2.05, 4.69) is 29.5 Å². The predicted octanol–water partition coefficient (Wildman–Crippen LogP) is -0.656. The third-order valence-electron chi connectivity index (χ3n) is 2.95. The Kier molecular flexibility index (Phi) is 4.50. The highest BCUT2D eigenvalue weighted by Gasteiger charge is 2.38. The van der Waals surface area contributed by atoms with Crippen LogP contribution in [0.25, 0.3) is 0 Å². The molecular weight excluding hydrogens is 194 g/mol. The first-order valence-corrected chi connectivity index (χ1v) is 5.44. The molecule has 0 atom stereocenters. The molecule has 5 heteroatoms. The normalized spacial score (nSPS) is 18.9. The Labute approximate surface area is 90.8 Å². The zero-order valence-electron chi connectivity index (χ0n) is 9.55. The highest BCUT2D eigenvalue weighted by molar-refractivity contribution is 5.68. The minimum absolute atomic E-state index is 0.204. The SMILES string of the molecule is CCN(C)CCNC1(CC(=O)O)CNC1. The van der Waals surface area contributed by atoms with Crippen LogP contribution in [0.2, 0.25) is 0 Å². The molecule has 0 amide bonds. The lowest BCUT2D eigenvalue weighted by molar-refractivity contribution is -0.139. The molecule has 1 saturated heterocycles. The molecular formula is C10H21N3O2. The summed E-state index contributed by atoms with van der Waals surface area (Å²) in [5, 5.41) is 15.3. The lowest BCUT2D eigenvalue weighted by Gasteiger charge is -2.42. The minimum atomic E-state index is -0.729. The number of carboxylic acid groups (broad SMARTS) is 1. The number of likely N-dealkylation sites (N-methyl/N-ethyl adjacent to an activating group) is 1. The molecule has 15 heavy (non-hydrogen) atoms. The second-order valence-corrected chi connectivity index (χ2v) is 4.28. The van der Waals surface area contributed by atoms with Crippen molar-refractivity contribution in [3.05, 3.63) is 0 Å². The molecule has 1 aliphatic heterocycles. The lowest BCUT2D eigenvalue weighted by Crippen LogP contribution is -2.69. The van der Waals surface area contributed by atoms with Gasteiger partial charge in [0.2, 0.25) is 0 Å². The largest absolute Gasteiger partial charge is 0.481 e. The molecule has 0 aliphatic carbocycles. The van der Waals surface area contributed by atoms with Gasteiger partial charge in [0.1, 0.15) is 0 Å². The zero-order valence-corrected chi connectivity index (χ0v) is 9.55. The fraction of sp³-hybridized carbons (Fsp3) is 0.900. The number of nitrogens with one attached hydrogen (secondary N) is 2. The quantitative estimate of drug-likeness (QED) is 0.526. The summed E-state index contributed by atoms with van der Waals surface area (Å²) < 4.78 is 0. The number of hydrogen-bond acceptors (Lipinski definition) is 4. The smallest absolute Gasteiger partial charge is 0.305 e. The second kappa shape index (κ2) is 5.44. The van der Waals surface area contributed by atoms with Crippen LogP contribution < -0.4 is 10.6 Å². The lowest BCUT2D eigenvalue weighted by atomic mass is 9.88. The Hall–Kier alpha value is -0.650. The van der Waals surface area contributed by atoms with Crippen LogP contribution >= 0.6 is 0 Å². The van der Waals surface area contributed by atoms with E-state index in [1.165, 1.54) is 0 Å². The summed E-state index contributed by atoms with van der Waals surface area (Å²) in [7, 11) is 2.06. The minimum Gasteiger partial charge on any atom is -0.481 e. The van der Waals surface area contributed by atoms with Crippen molar-refractivity contribution in [1.29, 1.82) is 0 Å². The van der Waals surface area contributed by atoms with E-state index in [0.29, 0.717) is 0 Å². The van der Waals surface area contributed by atoms with Gasteiger partial charge in [-0.25, -0.2) is 0 Å². The van der Waals surface area contributed by atoms with E-state index in [1.807, 2.05) is 0 Å². The van der Waals surface area contributed by atoms with Gasteiger partial charge >= 0.3 is 5.97 Å². The molecule has 3 N–H and O–H groups in total. The molecule has 0 aromatic heterocycles. The summed E-state index contributed by atoms with van der Waals surface area (Å²) in [6, 6.07) is 0. The fourth-order valence-electron chi connectivity index (χ4n) is 1.70. The highest BCUT2D eigenvalue weighted by atomic mass is 16.4. The van der Waals surface area contributed by atoms with E-state index < -0.39 is 5.97 Å². The van der Waals surface area contributed by atoms with Crippen LogP contribution in [0.1, 0.15) is 13.3 Å². The maximum atomic E-state index is 10.7. The number of hydrogen-bond donors (Lipinski definition) is 3. The summed E-state index contributed by atoms with van der Waals surface area (Å²) in [4.78, 5) is 12.9. The molecule has 88 valence electrons. The molecule has 0 aromatic rings. The molecule has 0 spiro atoms. The Morgan fingerprint density at radius 1 is 1.60 bits per heavy atom. The van der Waals surface area contributed by atoms with E-state index in [1.54, 1.807) is 0 Å². The molecule has 0 bridgehead atoms. The highest BCUT2D eigenvalue weighted by Crippen LogP contribution is 2.15. The topological polar surface area (TPSA) is 64.6 Å². The summed E-state index contributed by atoms with van der Waals surface area (Å²) in [5.74, 6) is -0.729. The van der Waals surface area contributed by atoms with Crippen LogP contribution in [-0.2, 0) is 4.79 Å². The Morgan fingerprint density at radius 2 is 2.27 bits per heavy atom. The van der Waals surface area contributed by atoms with Gasteiger partial charge in [-0.3, -0.25) is 4.79 Å². The Morgan fingerprint density at radius 3 is 2.67 bits per heavy atom. The van der Waals surface area contributed by atoms with Gasteiger partial charge in [0, 0.05) is 26.2 Å². The summed E-state index contributed by atoms with van der Waals surface area (Å²) in [5.41, 5.74) is -0.208. The van der Waals surface area contributed by atoms with Crippen LogP contribution in [0.5, 0.6) is 0 Å². The van der Waals surface area contributed by atoms with Crippen molar-refractivity contribution in [2.75, 3.05) is 39.8 Å². The molecule has 1 aliphatic rings. The van der Waals surface area contributed by atoms with E-state index in [9.17, 15) is 4.79 Å². The first-order chi connectivity index (χ1) is 7.08. The Balaban J connectivity index is 2.24. The molecule has 0 aromatic carbocycles. The van der Waals surface area contributed by atoms with E-state index in [4.69, 9.17) is 5.11 Å². The van der Waals surface area contributed by atoms with E-state index in [-0.39, 0.29) is 12.0 Å². The van der Waals surface area contributed by atoms with E-state index in [0.717, 1.165) is 32.7 Å². The van der Waals surface area contributed by atoms with Gasteiger partial charge in [0.05, 0.1) is 12.0 Å². The monoisotopic (exact) mass is 215 g/mol. The predicted molar refractivity (Wildman–Crippen MR) is 59.0 cm³/mol. The first-order valence-electron chi connectivity index (χ1n) is 5.44. The molecule has 0 unspecified atom stereocenters. The number of aliphatic carboxylic acids is 1. The molecule has 1 rings (SSSR count). The van der Waals surface area contributed by atoms with Crippen molar-refractivity contribution >= 4 is 5.97 Å². The van der Waals surface area contributed by atoms with Gasteiger partial charge in [-0.15, -0.1) is 0 Å². The van der Waals surface area contributed by atoms with Crippen LogP contribution in [0, 0.1) is 0 Å². The van der Waals surface area contributed by atoms with Crippen LogP contribution in [-0.4, -0.2) is 61.3 Å². The van der Waals surface area contributed by atoms with Crippen molar-refractivity contribution in [3.8, 4) is 0 Å². The van der Waals surface area contributed by atoms with Crippen LogP contribution in [0.4, 0.5) is 0 Å². The average molecular weight is 215 g/mol. The molecule has 0 saturated carbocycles. The van der Waals surface area contributed by atoms with Gasteiger partial charge in [-0.2, -0.15) is 0 Å². The average Bonchev–Trinajstić information content (AvgIpc) is 2.12. The number of nitrogens with zero attached hydrogens (tertiary/aromatic N) is 1.